The van der Waals surface area contributed by atoms with Crippen molar-refractivity contribution in [3.05, 3.63) is 85.1 Å². The summed E-state index contributed by atoms with van der Waals surface area (Å²) in [5.74, 6) is -0.269. The number of carbonyl (C=O) groups is 1. The van der Waals surface area contributed by atoms with Gasteiger partial charge in [0.25, 0.3) is 0 Å². The minimum Gasteiger partial charge on any atom is -0.394 e. The van der Waals surface area contributed by atoms with Gasteiger partial charge >= 0.3 is 0 Å². The molecule has 1 amide bonds. The average Bonchev–Trinajstić information content (AvgIpc) is 3.48. The molecule has 0 saturated carbocycles. The molecule has 19 heteroatoms. The summed E-state index contributed by atoms with van der Waals surface area (Å²) < 4.78 is 34.0. The zero-order valence-electron chi connectivity index (χ0n) is 46.4. The molecule has 78 heavy (non-hydrogen) atoms. The first kappa shape index (κ1) is 69.2. The van der Waals surface area contributed by atoms with Crippen molar-refractivity contribution < 1.29 is 89.4 Å². The van der Waals surface area contributed by atoms with Gasteiger partial charge in [-0.2, -0.15) is 0 Å². The number of ether oxygens (including phenoxy) is 6. The summed E-state index contributed by atoms with van der Waals surface area (Å²) in [5, 5.41) is 119. The lowest BCUT2D eigenvalue weighted by molar-refractivity contribution is -0.379. The average molecular weight is 1110 g/mol. The van der Waals surface area contributed by atoms with Gasteiger partial charge in [-0.05, 0) is 70.6 Å². The third-order valence-corrected chi connectivity index (χ3v) is 14.0. The number of amides is 1. The minimum atomic E-state index is -1.97. The molecule has 19 nitrogen and oxygen atoms in total. The Labute approximate surface area is 463 Å². The van der Waals surface area contributed by atoms with Gasteiger partial charge in [-0.3, -0.25) is 4.79 Å². The van der Waals surface area contributed by atoms with Crippen LogP contribution in [0.3, 0.4) is 0 Å². The normalized spacial score (nSPS) is 31.1. The highest BCUT2D eigenvalue weighted by molar-refractivity contribution is 5.76. The second-order valence-electron chi connectivity index (χ2n) is 20.4. The lowest BCUT2D eigenvalue weighted by Crippen LogP contribution is -2.66. The van der Waals surface area contributed by atoms with E-state index in [9.17, 15) is 61.0 Å². The summed E-state index contributed by atoms with van der Waals surface area (Å²) in [5.41, 5.74) is 0. The van der Waals surface area contributed by atoms with Crippen LogP contribution in [0, 0.1) is 0 Å². The first-order chi connectivity index (χ1) is 37.8. The number of hydrogen-bond acceptors (Lipinski definition) is 18. The van der Waals surface area contributed by atoms with Crippen LogP contribution in [0.4, 0.5) is 0 Å². The zero-order chi connectivity index (χ0) is 56.9. The number of carbonyl (C=O) groups excluding carboxylic acids is 1. The van der Waals surface area contributed by atoms with Crippen LogP contribution in [0.2, 0.25) is 0 Å². The Morgan fingerprint density at radius 1 is 0.474 bits per heavy atom. The van der Waals surface area contributed by atoms with E-state index < -0.39 is 124 Å². The molecule has 3 fully saturated rings. The Hall–Kier alpha value is -3.03. The second-order valence-corrected chi connectivity index (χ2v) is 20.4. The molecule has 0 aromatic heterocycles. The van der Waals surface area contributed by atoms with Gasteiger partial charge < -0.3 is 89.9 Å². The zero-order valence-corrected chi connectivity index (χ0v) is 46.4. The van der Waals surface area contributed by atoms with Gasteiger partial charge in [0, 0.05) is 6.42 Å². The standard InChI is InChI=1S/C59H99NO18/c1-3-5-7-9-10-11-12-13-14-15-16-17-18-19-20-21-22-23-24-25-26-27-28-29-30-31-32-33-35-37-47(65)60-42(43(64)36-34-8-6-4-2)41-73-57-53(71)50(68)55(45(39-62)75-57)78-59-54(72)51(69)56(46(40-63)76-59)77-58-52(70)49(67)48(66)44(38-61)74-58/h5,7,10-11,13-14,16-17,19-20,22-23,25-26,42-46,48-59,61-64,66-72H,3-4,6,8-9,12,15,18,21,24,27-41H2,1-2H3,(H,60,65)/b7-5-,11-10-,14-13-,17-16-,20-19-,23-22-,26-25-. The van der Waals surface area contributed by atoms with Crippen molar-refractivity contribution in [1.29, 1.82) is 0 Å². The van der Waals surface area contributed by atoms with E-state index in [4.69, 9.17) is 28.4 Å². The highest BCUT2D eigenvalue weighted by Gasteiger charge is 2.53. The quantitative estimate of drug-likeness (QED) is 0.0299. The van der Waals surface area contributed by atoms with E-state index in [0.717, 1.165) is 109 Å². The lowest BCUT2D eigenvalue weighted by atomic mass is 9.96. The predicted octanol–water partition coefficient (Wildman–Crippen LogP) is 4.42. The molecular formula is C59H99NO18. The van der Waals surface area contributed by atoms with Crippen LogP contribution < -0.4 is 5.32 Å². The van der Waals surface area contributed by atoms with E-state index in [1.165, 1.54) is 0 Å². The molecule has 3 heterocycles. The molecule has 0 bridgehead atoms. The van der Waals surface area contributed by atoms with E-state index in [1.54, 1.807) is 0 Å². The molecular weight excluding hydrogens is 1010 g/mol. The third kappa shape index (κ3) is 25.8. The van der Waals surface area contributed by atoms with Gasteiger partial charge in [0.1, 0.15) is 73.2 Å². The number of aliphatic hydroxyl groups is 11. The van der Waals surface area contributed by atoms with Gasteiger partial charge in [0.15, 0.2) is 18.9 Å². The van der Waals surface area contributed by atoms with Gasteiger partial charge in [-0.25, -0.2) is 0 Å². The number of hydrogen-bond donors (Lipinski definition) is 12. The SMILES string of the molecule is CC/C=C\C/C=C\C/C=C\C/C=C\C/C=C\C/C=C\C/C=C\CCCCCCCCCC(=O)NC(COC1OC(CO)C(OC2OC(CO)C(OC3OC(CO)C(O)C(O)C3O)C(O)C2O)C(O)C1O)C(O)CCCCCC. The summed E-state index contributed by atoms with van der Waals surface area (Å²) >= 11 is 0. The van der Waals surface area contributed by atoms with Crippen molar-refractivity contribution in [2.75, 3.05) is 26.4 Å². The van der Waals surface area contributed by atoms with Gasteiger partial charge in [0.05, 0.1) is 38.6 Å². The topological polar surface area (TPSA) is 307 Å². The maximum Gasteiger partial charge on any atom is 0.220 e. The maximum atomic E-state index is 13.2. The largest absolute Gasteiger partial charge is 0.394 e. The minimum absolute atomic E-state index is 0.245. The van der Waals surface area contributed by atoms with Gasteiger partial charge in [0.2, 0.25) is 5.91 Å². The Morgan fingerprint density at radius 2 is 0.885 bits per heavy atom. The highest BCUT2D eigenvalue weighted by atomic mass is 16.8. The smallest absolute Gasteiger partial charge is 0.220 e. The van der Waals surface area contributed by atoms with Crippen LogP contribution in [0.1, 0.15) is 149 Å². The van der Waals surface area contributed by atoms with E-state index >= 15 is 0 Å². The van der Waals surface area contributed by atoms with Crippen molar-refractivity contribution in [3.63, 3.8) is 0 Å². The van der Waals surface area contributed by atoms with E-state index in [2.05, 4.69) is 104 Å². The first-order valence-corrected chi connectivity index (χ1v) is 28.8. The van der Waals surface area contributed by atoms with Crippen molar-refractivity contribution in [3.8, 4) is 0 Å². The summed E-state index contributed by atoms with van der Waals surface area (Å²) in [7, 11) is 0. The second kappa shape index (κ2) is 41.9. The molecule has 0 spiro atoms. The predicted molar refractivity (Wildman–Crippen MR) is 295 cm³/mol. The molecule has 3 aliphatic heterocycles. The molecule has 17 atom stereocenters. The van der Waals surface area contributed by atoms with E-state index in [0.29, 0.717) is 19.3 Å². The Kier molecular flexibility index (Phi) is 37.2. The summed E-state index contributed by atoms with van der Waals surface area (Å²) in [4.78, 5) is 13.2. The summed E-state index contributed by atoms with van der Waals surface area (Å²) in [6, 6.07) is -0.894. The molecule has 17 unspecified atom stereocenters. The number of rotatable bonds is 40. The molecule has 0 radical (unpaired) electrons. The van der Waals surface area contributed by atoms with Crippen LogP contribution in [0.15, 0.2) is 85.1 Å². The summed E-state index contributed by atoms with van der Waals surface area (Å²) in [6.07, 6.45) is 23.5. The Bertz CT molecular complexity index is 1750. The first-order valence-electron chi connectivity index (χ1n) is 28.8. The van der Waals surface area contributed by atoms with Gasteiger partial charge in [-0.1, -0.05) is 157 Å². The number of allylic oxidation sites excluding steroid dienone is 14. The van der Waals surface area contributed by atoms with Crippen LogP contribution in [0.25, 0.3) is 0 Å². The Morgan fingerprint density at radius 3 is 1.37 bits per heavy atom. The van der Waals surface area contributed by atoms with Crippen molar-refractivity contribution in [2.45, 2.75) is 253 Å². The van der Waals surface area contributed by atoms with Crippen LogP contribution >= 0.6 is 0 Å². The number of nitrogens with one attached hydrogen (secondary N) is 1. The molecule has 3 rings (SSSR count). The van der Waals surface area contributed by atoms with Gasteiger partial charge in [-0.15, -0.1) is 0 Å². The lowest BCUT2D eigenvalue weighted by Gasteiger charge is -2.48. The van der Waals surface area contributed by atoms with Crippen molar-refractivity contribution in [2.24, 2.45) is 0 Å². The molecule has 0 aromatic rings. The number of aliphatic hydroxyl groups excluding tert-OH is 11. The van der Waals surface area contributed by atoms with Crippen molar-refractivity contribution in [1.82, 2.24) is 5.32 Å². The molecule has 3 saturated heterocycles. The van der Waals surface area contributed by atoms with Crippen LogP contribution in [-0.4, -0.2) is 193 Å². The number of unbranched alkanes of at least 4 members (excludes halogenated alkanes) is 10. The summed E-state index contributed by atoms with van der Waals surface area (Å²) in [6.45, 7) is 1.48. The fraction of sp³-hybridized carbons (Fsp3) is 0.746. The fourth-order valence-corrected chi connectivity index (χ4v) is 9.23. The molecule has 3 aliphatic rings. The maximum absolute atomic E-state index is 13.2. The molecule has 0 aromatic carbocycles. The van der Waals surface area contributed by atoms with Crippen LogP contribution in [0.5, 0.6) is 0 Å². The molecule has 0 aliphatic carbocycles. The van der Waals surface area contributed by atoms with Crippen molar-refractivity contribution >= 4 is 5.91 Å². The van der Waals surface area contributed by atoms with E-state index in [-0.39, 0.29) is 18.9 Å². The molecule has 448 valence electrons. The third-order valence-electron chi connectivity index (χ3n) is 14.0. The van der Waals surface area contributed by atoms with Crippen LogP contribution in [-0.2, 0) is 33.2 Å². The monoisotopic (exact) mass is 1110 g/mol. The fourth-order valence-electron chi connectivity index (χ4n) is 9.23. The van der Waals surface area contributed by atoms with E-state index in [1.807, 2.05) is 0 Å². The highest BCUT2D eigenvalue weighted by Crippen LogP contribution is 2.33. The Balaban J connectivity index is 1.35. The molecule has 12 N–H and O–H groups in total.